The number of carbonyl (C=O) groups excluding carboxylic acids is 1. The van der Waals surface area contributed by atoms with Crippen LogP contribution in [0, 0.1) is 18.7 Å². The topological polar surface area (TPSA) is 69.9 Å². The minimum Gasteiger partial charge on any atom is -0.459 e. The summed E-state index contributed by atoms with van der Waals surface area (Å²) in [5, 5.41) is 7.58. The first-order valence-corrected chi connectivity index (χ1v) is 11.5. The summed E-state index contributed by atoms with van der Waals surface area (Å²) in [6, 6.07) is 4.84. The lowest BCUT2D eigenvalue weighted by molar-refractivity contribution is -0.136. The van der Waals surface area contributed by atoms with Crippen molar-refractivity contribution in [3.63, 3.8) is 0 Å². The van der Waals surface area contributed by atoms with E-state index in [0.29, 0.717) is 18.0 Å². The smallest absolute Gasteiger partial charge is 0.225 e. The number of nitrogens with one attached hydrogen (secondary N) is 2. The number of likely N-dealkylation sites (tertiary alicyclic amines) is 1. The summed E-state index contributed by atoms with van der Waals surface area (Å²) < 4.78 is 19.4. The van der Waals surface area contributed by atoms with Gasteiger partial charge in [0.15, 0.2) is 5.96 Å². The van der Waals surface area contributed by atoms with Crippen LogP contribution < -0.4 is 10.6 Å². The van der Waals surface area contributed by atoms with Crippen LogP contribution in [0.15, 0.2) is 27.6 Å². The van der Waals surface area contributed by atoms with Crippen LogP contribution in [0.25, 0.3) is 11.0 Å². The number of aryl methyl sites for hydroxylation is 1. The zero-order valence-corrected chi connectivity index (χ0v) is 19.1. The van der Waals surface area contributed by atoms with E-state index in [1.54, 1.807) is 6.07 Å². The van der Waals surface area contributed by atoms with E-state index in [4.69, 9.17) is 9.41 Å². The maximum absolute atomic E-state index is 13.5. The number of furan rings is 1. The van der Waals surface area contributed by atoms with E-state index in [9.17, 15) is 9.18 Å². The van der Waals surface area contributed by atoms with Gasteiger partial charge in [-0.05, 0) is 57.7 Å². The van der Waals surface area contributed by atoms with Crippen molar-refractivity contribution in [1.82, 2.24) is 15.5 Å². The van der Waals surface area contributed by atoms with Crippen molar-refractivity contribution in [3.8, 4) is 0 Å². The molecule has 0 radical (unpaired) electrons. The Labute approximate surface area is 184 Å². The molecule has 0 unspecified atom stereocenters. The minimum absolute atomic E-state index is 0.143. The largest absolute Gasteiger partial charge is 0.459 e. The number of hydrogen-bond donors (Lipinski definition) is 2. The van der Waals surface area contributed by atoms with Gasteiger partial charge >= 0.3 is 0 Å². The molecule has 0 atom stereocenters. The molecule has 6 nitrogen and oxygen atoms in total. The van der Waals surface area contributed by atoms with Crippen LogP contribution in [-0.2, 0) is 11.3 Å². The third-order valence-corrected chi connectivity index (χ3v) is 6.20. The van der Waals surface area contributed by atoms with Gasteiger partial charge in [0.1, 0.15) is 23.7 Å². The Morgan fingerprint density at radius 3 is 2.61 bits per heavy atom. The average Bonchev–Trinajstić information content (AvgIpc) is 3.08. The summed E-state index contributed by atoms with van der Waals surface area (Å²) in [5.74, 6) is 1.64. The molecule has 0 saturated carbocycles. The molecule has 0 aliphatic carbocycles. The number of rotatable bonds is 7. The first-order chi connectivity index (χ1) is 15.0. The van der Waals surface area contributed by atoms with E-state index >= 15 is 0 Å². The number of nitrogens with zero attached hydrogens (tertiary/aromatic N) is 2. The second-order valence-electron chi connectivity index (χ2n) is 8.24. The number of benzene rings is 1. The Bertz CT molecular complexity index is 912. The van der Waals surface area contributed by atoms with Crippen molar-refractivity contribution >= 4 is 22.8 Å². The predicted molar refractivity (Wildman–Crippen MR) is 123 cm³/mol. The lowest BCUT2D eigenvalue weighted by atomic mass is 9.98. The van der Waals surface area contributed by atoms with Gasteiger partial charge in [-0.25, -0.2) is 9.38 Å². The van der Waals surface area contributed by atoms with Gasteiger partial charge in [-0.2, -0.15) is 0 Å². The highest BCUT2D eigenvalue weighted by atomic mass is 19.1. The Balaban J connectivity index is 1.61. The second-order valence-corrected chi connectivity index (χ2v) is 8.24. The van der Waals surface area contributed by atoms with Gasteiger partial charge in [0.05, 0.1) is 0 Å². The van der Waals surface area contributed by atoms with Crippen LogP contribution in [0.1, 0.15) is 57.8 Å². The number of carbonyl (C=O) groups is 1. The SMILES string of the molecule is CCNC(=NCc1oc2ccc(F)cc2c1C)NC1CCN(C(=O)C(CC)CC)CC1. The molecule has 1 aliphatic heterocycles. The van der Waals surface area contributed by atoms with Crippen LogP contribution in [-0.4, -0.2) is 42.4 Å². The molecule has 1 saturated heterocycles. The highest BCUT2D eigenvalue weighted by molar-refractivity contribution is 5.83. The van der Waals surface area contributed by atoms with Crippen molar-refractivity contribution in [2.75, 3.05) is 19.6 Å². The zero-order valence-electron chi connectivity index (χ0n) is 19.1. The third-order valence-electron chi connectivity index (χ3n) is 6.20. The summed E-state index contributed by atoms with van der Waals surface area (Å²) in [4.78, 5) is 19.3. The summed E-state index contributed by atoms with van der Waals surface area (Å²) in [7, 11) is 0. The fraction of sp³-hybridized carbons (Fsp3) is 0.583. The summed E-state index contributed by atoms with van der Waals surface area (Å²) in [6.07, 6.45) is 3.61. The summed E-state index contributed by atoms with van der Waals surface area (Å²) in [5.41, 5.74) is 1.60. The first kappa shape index (κ1) is 23.1. The standard InChI is InChI=1S/C24H35FN4O2/c1-5-17(6-2)23(30)29-12-10-19(11-13-29)28-24(26-7-3)27-15-22-16(4)20-14-18(25)8-9-21(20)31-22/h8-9,14,17,19H,5-7,10-13,15H2,1-4H3,(H2,26,27,28). The van der Waals surface area contributed by atoms with Gasteiger partial charge in [0, 0.05) is 42.5 Å². The quantitative estimate of drug-likeness (QED) is 0.506. The Hall–Kier alpha value is -2.57. The first-order valence-electron chi connectivity index (χ1n) is 11.5. The molecular weight excluding hydrogens is 395 g/mol. The van der Waals surface area contributed by atoms with Crippen LogP contribution in [0.3, 0.4) is 0 Å². The fourth-order valence-corrected chi connectivity index (χ4v) is 4.20. The van der Waals surface area contributed by atoms with Crippen LogP contribution in [0.4, 0.5) is 4.39 Å². The normalized spacial score (nSPS) is 15.7. The van der Waals surface area contributed by atoms with E-state index < -0.39 is 0 Å². The van der Waals surface area contributed by atoms with Crippen LogP contribution in [0.2, 0.25) is 0 Å². The molecule has 170 valence electrons. The molecule has 0 bridgehead atoms. The molecule has 1 fully saturated rings. The van der Waals surface area contributed by atoms with E-state index in [-0.39, 0.29) is 17.8 Å². The van der Waals surface area contributed by atoms with Crippen molar-refractivity contribution in [3.05, 3.63) is 35.3 Å². The van der Waals surface area contributed by atoms with E-state index in [2.05, 4.69) is 24.5 Å². The molecular formula is C24H35FN4O2. The van der Waals surface area contributed by atoms with E-state index in [1.165, 1.54) is 12.1 Å². The monoisotopic (exact) mass is 430 g/mol. The number of hydrogen-bond acceptors (Lipinski definition) is 3. The van der Waals surface area contributed by atoms with Gasteiger partial charge in [0.2, 0.25) is 5.91 Å². The Morgan fingerprint density at radius 2 is 1.97 bits per heavy atom. The number of guanidine groups is 1. The predicted octanol–water partition coefficient (Wildman–Crippen LogP) is 4.36. The van der Waals surface area contributed by atoms with Gasteiger partial charge in [-0.1, -0.05) is 13.8 Å². The van der Waals surface area contributed by atoms with Gasteiger partial charge < -0.3 is 20.0 Å². The highest BCUT2D eigenvalue weighted by Gasteiger charge is 2.26. The number of fused-ring (bicyclic) bond motifs is 1. The van der Waals surface area contributed by atoms with Crippen LogP contribution >= 0.6 is 0 Å². The minimum atomic E-state index is -0.268. The average molecular weight is 431 g/mol. The molecule has 3 rings (SSSR count). The third kappa shape index (κ3) is 5.57. The molecule has 2 aromatic rings. The number of amides is 1. The molecule has 7 heteroatoms. The number of halogens is 1. The molecule has 0 spiro atoms. The zero-order chi connectivity index (χ0) is 22.4. The molecule has 2 heterocycles. The lowest BCUT2D eigenvalue weighted by Crippen LogP contribution is -2.50. The fourth-order valence-electron chi connectivity index (χ4n) is 4.20. The van der Waals surface area contributed by atoms with Crippen LogP contribution in [0.5, 0.6) is 0 Å². The van der Waals surface area contributed by atoms with Gasteiger partial charge in [-0.15, -0.1) is 0 Å². The summed E-state index contributed by atoms with van der Waals surface area (Å²) >= 11 is 0. The van der Waals surface area contributed by atoms with Crippen molar-refractivity contribution in [2.45, 2.75) is 66.0 Å². The highest BCUT2D eigenvalue weighted by Crippen LogP contribution is 2.26. The summed E-state index contributed by atoms with van der Waals surface area (Å²) in [6.45, 7) is 10.8. The number of piperidine rings is 1. The van der Waals surface area contributed by atoms with Crippen molar-refractivity contribution in [1.29, 1.82) is 0 Å². The molecule has 1 aliphatic rings. The molecule has 1 aromatic heterocycles. The lowest BCUT2D eigenvalue weighted by Gasteiger charge is -2.34. The molecule has 1 amide bonds. The molecule has 31 heavy (non-hydrogen) atoms. The maximum Gasteiger partial charge on any atom is 0.225 e. The molecule has 1 aromatic carbocycles. The van der Waals surface area contributed by atoms with Gasteiger partial charge in [0.25, 0.3) is 0 Å². The van der Waals surface area contributed by atoms with Gasteiger partial charge in [-0.3, -0.25) is 4.79 Å². The van der Waals surface area contributed by atoms with Crippen molar-refractivity contribution in [2.24, 2.45) is 10.9 Å². The second kappa shape index (κ2) is 10.6. The molecule has 2 N–H and O–H groups in total. The Morgan fingerprint density at radius 1 is 1.26 bits per heavy atom. The Kier molecular flexibility index (Phi) is 7.93. The van der Waals surface area contributed by atoms with E-state index in [0.717, 1.165) is 68.0 Å². The van der Waals surface area contributed by atoms with E-state index in [1.807, 2.05) is 18.7 Å². The van der Waals surface area contributed by atoms with Crippen molar-refractivity contribution < 1.29 is 13.6 Å². The number of aliphatic imine (C=N–C) groups is 1. The maximum atomic E-state index is 13.5.